The molecule has 2 rings (SSSR count). The van der Waals surface area contributed by atoms with Crippen LogP contribution in [0.15, 0.2) is 36.7 Å². The lowest BCUT2D eigenvalue weighted by Gasteiger charge is -2.02. The summed E-state index contributed by atoms with van der Waals surface area (Å²) < 4.78 is 1.33. The molecule has 0 saturated carbocycles. The molecule has 1 aromatic heterocycles. The molecule has 2 N–H and O–H groups in total. The molecule has 0 aliphatic heterocycles. The van der Waals surface area contributed by atoms with E-state index in [0.29, 0.717) is 0 Å². The molecule has 0 bridgehead atoms. The second kappa shape index (κ2) is 5.40. The van der Waals surface area contributed by atoms with E-state index < -0.39 is 10.7 Å². The third-order valence-electron chi connectivity index (χ3n) is 2.63. The van der Waals surface area contributed by atoms with Gasteiger partial charge in [-0.2, -0.15) is 0 Å². The van der Waals surface area contributed by atoms with E-state index in [1.165, 1.54) is 10.9 Å². The zero-order valence-corrected chi connectivity index (χ0v) is 10.0. The van der Waals surface area contributed by atoms with E-state index in [-0.39, 0.29) is 24.6 Å². The van der Waals surface area contributed by atoms with Gasteiger partial charge in [-0.3, -0.25) is 4.79 Å². The number of carbonyl (C=O) groups is 1. The Hall–Kier alpha value is -2.54. The molecule has 0 spiro atoms. The van der Waals surface area contributed by atoms with Crippen LogP contribution in [0, 0.1) is 10.1 Å². The van der Waals surface area contributed by atoms with Crippen molar-refractivity contribution >= 4 is 11.6 Å². The standard InChI is InChI=1S/C12H12N4O3/c13-6-10(17)11-12(16(18)19)15(8-14-11)7-9-4-2-1-3-5-9/h1-5,8H,6-7,13H2. The molecule has 0 aliphatic carbocycles. The van der Waals surface area contributed by atoms with Crippen LogP contribution < -0.4 is 5.73 Å². The van der Waals surface area contributed by atoms with Crippen molar-refractivity contribution in [1.82, 2.24) is 9.55 Å². The number of carbonyl (C=O) groups excluding carboxylic acids is 1. The number of hydrogen-bond acceptors (Lipinski definition) is 5. The molecule has 98 valence electrons. The molecule has 7 heteroatoms. The van der Waals surface area contributed by atoms with E-state index in [4.69, 9.17) is 5.73 Å². The highest BCUT2D eigenvalue weighted by Gasteiger charge is 2.26. The van der Waals surface area contributed by atoms with Crippen molar-refractivity contribution < 1.29 is 9.72 Å². The number of ketones is 1. The van der Waals surface area contributed by atoms with Gasteiger partial charge in [0, 0.05) is 0 Å². The lowest BCUT2D eigenvalue weighted by molar-refractivity contribution is -0.392. The van der Waals surface area contributed by atoms with E-state index in [1.54, 1.807) is 0 Å². The second-order valence-electron chi connectivity index (χ2n) is 3.91. The summed E-state index contributed by atoms with van der Waals surface area (Å²) in [4.78, 5) is 25.7. The molecule has 0 atom stereocenters. The summed E-state index contributed by atoms with van der Waals surface area (Å²) in [5.41, 5.74) is 5.91. The Bertz CT molecular complexity index is 607. The number of rotatable bonds is 5. The molecule has 2 aromatic rings. The molecule has 0 amide bonds. The molecule has 1 aromatic carbocycles. The number of Topliss-reactive ketones (excluding diaryl/α,β-unsaturated/α-hetero) is 1. The first-order valence-corrected chi connectivity index (χ1v) is 5.60. The summed E-state index contributed by atoms with van der Waals surface area (Å²) in [6.07, 6.45) is 1.29. The van der Waals surface area contributed by atoms with Crippen LogP contribution >= 0.6 is 0 Å². The van der Waals surface area contributed by atoms with Crippen molar-refractivity contribution in [2.45, 2.75) is 6.54 Å². The van der Waals surface area contributed by atoms with E-state index >= 15 is 0 Å². The van der Waals surface area contributed by atoms with Crippen LogP contribution in [-0.2, 0) is 6.54 Å². The molecule has 0 unspecified atom stereocenters. The first-order valence-electron chi connectivity index (χ1n) is 5.60. The minimum Gasteiger partial charge on any atom is -0.358 e. The Morgan fingerprint density at radius 3 is 2.63 bits per heavy atom. The number of benzene rings is 1. The fourth-order valence-corrected chi connectivity index (χ4v) is 1.76. The number of nitrogens with zero attached hydrogens (tertiary/aromatic N) is 3. The van der Waals surface area contributed by atoms with Crippen molar-refractivity contribution in [2.75, 3.05) is 6.54 Å². The largest absolute Gasteiger partial charge is 0.358 e. The minimum absolute atomic E-state index is 0.191. The number of aromatic nitrogens is 2. The van der Waals surface area contributed by atoms with Crippen molar-refractivity contribution in [3.63, 3.8) is 0 Å². The molecule has 1 heterocycles. The number of nitrogens with two attached hydrogens (primary N) is 1. The van der Waals surface area contributed by atoms with Gasteiger partial charge in [-0.25, -0.2) is 9.55 Å². The van der Waals surface area contributed by atoms with E-state index in [2.05, 4.69) is 4.98 Å². The normalized spacial score (nSPS) is 10.4. The summed E-state index contributed by atoms with van der Waals surface area (Å²) >= 11 is 0. The fraction of sp³-hybridized carbons (Fsp3) is 0.167. The van der Waals surface area contributed by atoms with Gasteiger partial charge in [-0.05, 0) is 10.5 Å². The fourth-order valence-electron chi connectivity index (χ4n) is 1.76. The highest BCUT2D eigenvalue weighted by atomic mass is 16.6. The number of nitro groups is 1. The lowest BCUT2D eigenvalue weighted by atomic mass is 10.2. The predicted octanol–water partition coefficient (Wildman–Crippen LogP) is 0.981. The molecule has 0 aliphatic rings. The van der Waals surface area contributed by atoms with Gasteiger partial charge in [0.2, 0.25) is 11.5 Å². The molecule has 0 fully saturated rings. The van der Waals surface area contributed by atoms with E-state index in [9.17, 15) is 14.9 Å². The second-order valence-corrected chi connectivity index (χ2v) is 3.91. The van der Waals surface area contributed by atoms with Crippen molar-refractivity contribution in [1.29, 1.82) is 0 Å². The van der Waals surface area contributed by atoms with Crippen molar-refractivity contribution in [3.8, 4) is 0 Å². The summed E-state index contributed by atoms with van der Waals surface area (Å²) in [6, 6.07) is 9.21. The van der Waals surface area contributed by atoms with Crippen LogP contribution in [0.5, 0.6) is 0 Å². The number of imidazole rings is 1. The lowest BCUT2D eigenvalue weighted by Crippen LogP contribution is -2.16. The quantitative estimate of drug-likeness (QED) is 0.490. The number of hydrogen-bond donors (Lipinski definition) is 1. The van der Waals surface area contributed by atoms with Gasteiger partial charge in [0.15, 0.2) is 6.33 Å². The molecule has 19 heavy (non-hydrogen) atoms. The van der Waals surface area contributed by atoms with Crippen LogP contribution in [0.1, 0.15) is 16.1 Å². The Morgan fingerprint density at radius 1 is 1.37 bits per heavy atom. The smallest absolute Gasteiger partial charge is 0.354 e. The van der Waals surface area contributed by atoms with E-state index in [1.807, 2.05) is 30.3 Å². The SMILES string of the molecule is NCC(=O)c1ncn(Cc2ccccc2)c1[N+](=O)[O-]. The Morgan fingerprint density at radius 2 is 2.05 bits per heavy atom. The average Bonchev–Trinajstić information content (AvgIpc) is 2.83. The van der Waals surface area contributed by atoms with Gasteiger partial charge >= 0.3 is 5.82 Å². The topological polar surface area (TPSA) is 104 Å². The Balaban J connectivity index is 2.39. The van der Waals surface area contributed by atoms with Gasteiger partial charge in [0.1, 0.15) is 6.54 Å². The van der Waals surface area contributed by atoms with Crippen LogP contribution in [-0.4, -0.2) is 26.8 Å². The van der Waals surface area contributed by atoms with Crippen LogP contribution in [0.25, 0.3) is 0 Å². The summed E-state index contributed by atoms with van der Waals surface area (Å²) in [7, 11) is 0. The first-order chi connectivity index (χ1) is 9.13. The maximum Gasteiger partial charge on any atom is 0.354 e. The van der Waals surface area contributed by atoms with Crippen LogP contribution in [0.4, 0.5) is 5.82 Å². The molecule has 0 saturated heterocycles. The maximum absolute atomic E-state index is 11.5. The van der Waals surface area contributed by atoms with Gasteiger partial charge in [0.25, 0.3) is 0 Å². The van der Waals surface area contributed by atoms with Gasteiger partial charge in [-0.15, -0.1) is 0 Å². The summed E-state index contributed by atoms with van der Waals surface area (Å²) in [6.45, 7) is -0.0226. The zero-order valence-electron chi connectivity index (χ0n) is 10.0. The van der Waals surface area contributed by atoms with Crippen molar-refractivity contribution in [2.24, 2.45) is 5.73 Å². The third kappa shape index (κ3) is 2.66. The van der Waals surface area contributed by atoms with E-state index in [0.717, 1.165) is 5.56 Å². The molecule has 7 nitrogen and oxygen atoms in total. The van der Waals surface area contributed by atoms with Gasteiger partial charge < -0.3 is 15.8 Å². The predicted molar refractivity (Wildman–Crippen MR) is 67.8 cm³/mol. The molecular formula is C12H12N4O3. The summed E-state index contributed by atoms with van der Waals surface area (Å²) in [5, 5.41) is 11.1. The van der Waals surface area contributed by atoms with Gasteiger partial charge in [0.05, 0.1) is 6.54 Å². The Labute approximate surface area is 108 Å². The minimum atomic E-state index is -0.612. The highest BCUT2D eigenvalue weighted by Crippen LogP contribution is 2.19. The van der Waals surface area contributed by atoms with Crippen LogP contribution in [0.3, 0.4) is 0 Å². The maximum atomic E-state index is 11.5. The zero-order chi connectivity index (χ0) is 13.8. The third-order valence-corrected chi connectivity index (χ3v) is 2.63. The average molecular weight is 260 g/mol. The van der Waals surface area contributed by atoms with Crippen molar-refractivity contribution in [3.05, 3.63) is 58.0 Å². The monoisotopic (exact) mass is 260 g/mol. The van der Waals surface area contributed by atoms with Gasteiger partial charge in [-0.1, -0.05) is 30.3 Å². The molecule has 0 radical (unpaired) electrons. The Kier molecular flexibility index (Phi) is 3.67. The highest BCUT2D eigenvalue weighted by molar-refractivity contribution is 5.98. The first kappa shape index (κ1) is 12.9. The summed E-state index contributed by atoms with van der Waals surface area (Å²) in [5.74, 6) is -0.863. The molecular weight excluding hydrogens is 248 g/mol. The van der Waals surface area contributed by atoms with Crippen LogP contribution in [0.2, 0.25) is 0 Å².